The highest BCUT2D eigenvalue weighted by atomic mass is 19.1. The van der Waals surface area contributed by atoms with E-state index < -0.39 is 17.6 Å². The molecule has 17 heavy (non-hydrogen) atoms. The van der Waals surface area contributed by atoms with Crippen LogP contribution >= 0.6 is 0 Å². The van der Waals surface area contributed by atoms with E-state index in [-0.39, 0.29) is 11.5 Å². The van der Waals surface area contributed by atoms with Crippen LogP contribution in [0.1, 0.15) is 25.3 Å². The third-order valence-electron chi connectivity index (χ3n) is 2.50. The molecule has 0 spiro atoms. The fourth-order valence-corrected chi connectivity index (χ4v) is 1.50. The Hall–Kier alpha value is -1.36. The summed E-state index contributed by atoms with van der Waals surface area (Å²) in [5, 5.41) is 3.10. The maximum absolute atomic E-state index is 13.3. The van der Waals surface area contributed by atoms with Crippen LogP contribution in [0.15, 0.2) is 18.2 Å². The van der Waals surface area contributed by atoms with Crippen molar-refractivity contribution < 1.29 is 9.18 Å². The summed E-state index contributed by atoms with van der Waals surface area (Å²) in [6.45, 7) is 4.31. The van der Waals surface area contributed by atoms with Gasteiger partial charge in [-0.1, -0.05) is 31.4 Å². The van der Waals surface area contributed by atoms with Crippen LogP contribution in [0.2, 0.25) is 0 Å². The van der Waals surface area contributed by atoms with Crippen molar-refractivity contribution in [2.24, 2.45) is 5.73 Å². The van der Waals surface area contributed by atoms with E-state index in [4.69, 9.17) is 13.6 Å². The summed E-state index contributed by atoms with van der Waals surface area (Å²) in [4.78, 5) is 11.3. The molecule has 5 heteroatoms. The Morgan fingerprint density at radius 2 is 2.18 bits per heavy atom. The van der Waals surface area contributed by atoms with Crippen LogP contribution in [0.3, 0.4) is 0 Å². The monoisotopic (exact) mass is 234 g/mol. The molecule has 0 unspecified atom stereocenters. The van der Waals surface area contributed by atoms with Gasteiger partial charge in [-0.2, -0.15) is 0 Å². The summed E-state index contributed by atoms with van der Waals surface area (Å²) in [5.41, 5.74) is 5.91. The number of primary amides is 1. The van der Waals surface area contributed by atoms with Crippen molar-refractivity contribution in [2.45, 2.75) is 25.8 Å². The molecule has 0 saturated heterocycles. The van der Waals surface area contributed by atoms with Gasteiger partial charge < -0.3 is 11.1 Å². The van der Waals surface area contributed by atoms with E-state index in [0.717, 1.165) is 0 Å². The molecule has 1 rings (SSSR count). The highest BCUT2D eigenvalue weighted by Gasteiger charge is 2.18. The number of carbonyl (C=O) groups excluding carboxylic acids is 1. The Morgan fingerprint density at radius 1 is 1.53 bits per heavy atom. The molecular weight excluding hydrogens is 218 g/mol. The largest absolute Gasteiger partial charge is 0.369 e. The summed E-state index contributed by atoms with van der Waals surface area (Å²) in [7, 11) is 5.38. The molecule has 0 aliphatic carbocycles. The molecule has 1 amide bonds. The Bertz CT molecular complexity index is 409. The number of halogens is 1. The first-order valence-electron chi connectivity index (χ1n) is 5.49. The molecule has 0 aliphatic rings. The first kappa shape index (κ1) is 13.7. The van der Waals surface area contributed by atoms with E-state index in [1.165, 1.54) is 12.1 Å². The second-order valence-corrected chi connectivity index (χ2v) is 4.30. The average Bonchev–Trinajstić information content (AvgIpc) is 2.22. The summed E-state index contributed by atoms with van der Waals surface area (Å²) in [6.07, 6.45) is 0. The third-order valence-corrected chi connectivity index (χ3v) is 2.50. The highest BCUT2D eigenvalue weighted by Crippen LogP contribution is 2.15. The lowest BCUT2D eigenvalue weighted by Gasteiger charge is -2.17. The smallest absolute Gasteiger partial charge is 0.226 e. The number of amides is 1. The molecule has 0 bridgehead atoms. The lowest BCUT2D eigenvalue weighted by Crippen LogP contribution is -2.34. The van der Waals surface area contributed by atoms with Gasteiger partial charge in [0.1, 0.15) is 13.7 Å². The lowest BCUT2D eigenvalue weighted by molar-refractivity contribution is -0.119. The number of nitrogens with two attached hydrogens (primary N) is 1. The van der Waals surface area contributed by atoms with E-state index in [2.05, 4.69) is 5.32 Å². The Labute approximate surface area is 102 Å². The lowest BCUT2D eigenvalue weighted by atomic mass is 9.90. The van der Waals surface area contributed by atoms with Gasteiger partial charge in [-0.05, 0) is 11.6 Å². The molecule has 3 nitrogen and oxygen atoms in total. The standard InChI is InChI=1S/C12H16BFN2O/c1-7(2)16-6-9(12(15)17)8-3-4-10(13)11(14)5-8/h3-5,7,9,16H,6H2,1-2H3,(H2,15,17)/t9-/m1/s1. The van der Waals surface area contributed by atoms with Crippen LogP contribution in [0.25, 0.3) is 0 Å². The molecule has 0 heterocycles. The molecule has 1 aromatic carbocycles. The third kappa shape index (κ3) is 3.86. The van der Waals surface area contributed by atoms with Crippen molar-refractivity contribution in [1.29, 1.82) is 0 Å². The molecule has 2 radical (unpaired) electrons. The molecular formula is C12H16BFN2O. The number of hydrogen-bond donors (Lipinski definition) is 2. The molecule has 1 aromatic rings. The van der Waals surface area contributed by atoms with Gasteiger partial charge in [0, 0.05) is 12.6 Å². The molecule has 0 aliphatic heterocycles. The predicted molar refractivity (Wildman–Crippen MR) is 66.9 cm³/mol. The summed E-state index contributed by atoms with van der Waals surface area (Å²) < 4.78 is 13.3. The molecule has 1 atom stereocenters. The number of nitrogens with one attached hydrogen (secondary N) is 1. The second-order valence-electron chi connectivity index (χ2n) is 4.30. The number of hydrogen-bond acceptors (Lipinski definition) is 2. The highest BCUT2D eigenvalue weighted by molar-refractivity contribution is 6.32. The number of benzene rings is 1. The van der Waals surface area contributed by atoms with Crippen molar-refractivity contribution in [3.8, 4) is 0 Å². The van der Waals surface area contributed by atoms with Gasteiger partial charge in [-0.15, -0.1) is 0 Å². The van der Waals surface area contributed by atoms with Crippen molar-refractivity contribution in [3.05, 3.63) is 29.6 Å². The topological polar surface area (TPSA) is 55.1 Å². The SMILES string of the molecule is [B]c1ccc([C@@H](CNC(C)C)C(N)=O)cc1F. The van der Waals surface area contributed by atoms with Gasteiger partial charge in [0.05, 0.1) is 5.92 Å². The van der Waals surface area contributed by atoms with Gasteiger partial charge >= 0.3 is 0 Å². The maximum atomic E-state index is 13.3. The Morgan fingerprint density at radius 3 is 2.65 bits per heavy atom. The van der Waals surface area contributed by atoms with Crippen LogP contribution in [0.4, 0.5) is 4.39 Å². The minimum absolute atomic E-state index is 0.0637. The van der Waals surface area contributed by atoms with E-state index in [1.807, 2.05) is 13.8 Å². The molecule has 3 N–H and O–H groups in total. The number of rotatable bonds is 5. The van der Waals surface area contributed by atoms with Gasteiger partial charge in [-0.3, -0.25) is 4.79 Å². The summed E-state index contributed by atoms with van der Waals surface area (Å²) in [5.74, 6) is -1.56. The summed E-state index contributed by atoms with van der Waals surface area (Å²) in [6, 6.07) is 4.55. The minimum atomic E-state index is -0.549. The van der Waals surface area contributed by atoms with Crippen LogP contribution in [0.5, 0.6) is 0 Å². The fraction of sp³-hybridized carbons (Fsp3) is 0.417. The van der Waals surface area contributed by atoms with Crippen molar-refractivity contribution in [2.75, 3.05) is 6.54 Å². The van der Waals surface area contributed by atoms with E-state index in [1.54, 1.807) is 6.07 Å². The number of carbonyl (C=O) groups is 1. The summed E-state index contributed by atoms with van der Waals surface area (Å²) >= 11 is 0. The Kier molecular flexibility index (Phi) is 4.69. The minimum Gasteiger partial charge on any atom is -0.369 e. The second kappa shape index (κ2) is 5.82. The van der Waals surface area contributed by atoms with Crippen LogP contribution in [-0.2, 0) is 4.79 Å². The first-order valence-corrected chi connectivity index (χ1v) is 5.49. The molecule has 90 valence electrons. The van der Waals surface area contributed by atoms with Gasteiger partial charge in [0.25, 0.3) is 0 Å². The average molecular weight is 234 g/mol. The van der Waals surface area contributed by atoms with Gasteiger partial charge in [0.15, 0.2) is 0 Å². The zero-order valence-corrected chi connectivity index (χ0v) is 10.0. The van der Waals surface area contributed by atoms with Crippen molar-refractivity contribution in [3.63, 3.8) is 0 Å². The van der Waals surface area contributed by atoms with Crippen LogP contribution in [0, 0.1) is 5.82 Å². The predicted octanol–water partition coefficient (Wildman–Crippen LogP) is 0.186. The zero-order chi connectivity index (χ0) is 13.0. The molecule has 0 aromatic heterocycles. The molecule has 0 fully saturated rings. The van der Waals surface area contributed by atoms with Crippen molar-refractivity contribution in [1.82, 2.24) is 5.32 Å². The van der Waals surface area contributed by atoms with E-state index in [0.29, 0.717) is 12.1 Å². The van der Waals surface area contributed by atoms with E-state index in [9.17, 15) is 9.18 Å². The Balaban J connectivity index is 2.89. The first-order chi connectivity index (χ1) is 7.91. The van der Waals surface area contributed by atoms with Gasteiger partial charge in [0.2, 0.25) is 5.91 Å². The fourth-order valence-electron chi connectivity index (χ4n) is 1.50. The zero-order valence-electron chi connectivity index (χ0n) is 10.0. The van der Waals surface area contributed by atoms with Crippen LogP contribution < -0.4 is 16.5 Å². The molecule has 0 saturated carbocycles. The normalized spacial score (nSPS) is 12.7. The quantitative estimate of drug-likeness (QED) is 0.714. The van der Waals surface area contributed by atoms with Crippen molar-refractivity contribution >= 4 is 19.2 Å². The van der Waals surface area contributed by atoms with E-state index >= 15 is 0 Å². The maximum Gasteiger partial charge on any atom is 0.226 e. The van der Waals surface area contributed by atoms with Gasteiger partial charge in [-0.25, -0.2) is 4.39 Å². The van der Waals surface area contributed by atoms with Crippen LogP contribution in [-0.4, -0.2) is 26.3 Å².